The molecule has 30 heavy (non-hydrogen) atoms. The summed E-state index contributed by atoms with van der Waals surface area (Å²) in [5, 5.41) is 2.93. The zero-order valence-corrected chi connectivity index (χ0v) is 17.6. The van der Waals surface area contributed by atoms with Crippen molar-refractivity contribution in [3.63, 3.8) is 0 Å². The Morgan fingerprint density at radius 1 is 1.13 bits per heavy atom. The number of fused-ring (bicyclic) bond motifs is 1. The van der Waals surface area contributed by atoms with Crippen LogP contribution in [0.25, 0.3) is 11.3 Å². The number of hydrogen-bond acceptors (Lipinski definition) is 6. The van der Waals surface area contributed by atoms with Crippen LogP contribution in [0, 0.1) is 6.92 Å². The molecule has 3 aromatic rings. The van der Waals surface area contributed by atoms with E-state index in [2.05, 4.69) is 4.98 Å². The van der Waals surface area contributed by atoms with Gasteiger partial charge in [-0.2, -0.15) is 0 Å². The molecule has 0 bridgehead atoms. The van der Waals surface area contributed by atoms with Crippen LogP contribution in [-0.4, -0.2) is 45.4 Å². The van der Waals surface area contributed by atoms with Gasteiger partial charge in [0.25, 0.3) is 11.8 Å². The Labute approximate surface area is 177 Å². The standard InChI is InChI=1S/C22H21N3O4S/c1-14-23-18(13-30-14)15-11-19(24(2)12-15)22(28)29-10-6-5-9-25-20(26)16-7-3-4-8-17(16)21(25)27/h3-4,7-8,11-13H,5-6,9-10H2,1-2H3. The molecule has 4 rings (SSSR count). The Hall–Kier alpha value is -3.26. The molecule has 0 unspecified atom stereocenters. The van der Waals surface area contributed by atoms with Crippen molar-refractivity contribution in [1.82, 2.24) is 14.5 Å². The fourth-order valence-electron chi connectivity index (χ4n) is 3.46. The number of esters is 1. The number of ether oxygens (including phenoxy) is 1. The summed E-state index contributed by atoms with van der Waals surface area (Å²) in [4.78, 5) is 42.8. The van der Waals surface area contributed by atoms with Crippen LogP contribution in [0.1, 0.15) is 49.1 Å². The lowest BCUT2D eigenvalue weighted by Gasteiger charge is -2.13. The lowest BCUT2D eigenvalue weighted by atomic mass is 10.1. The first-order chi connectivity index (χ1) is 14.5. The second kappa shape index (κ2) is 8.23. The van der Waals surface area contributed by atoms with Crippen LogP contribution in [0.4, 0.5) is 0 Å². The van der Waals surface area contributed by atoms with Gasteiger partial charge in [0.2, 0.25) is 0 Å². The number of thiazole rings is 1. The molecule has 0 N–H and O–H groups in total. The minimum absolute atomic E-state index is 0.221. The van der Waals surface area contributed by atoms with Crippen molar-refractivity contribution >= 4 is 29.1 Å². The highest BCUT2D eigenvalue weighted by Gasteiger charge is 2.34. The number of benzene rings is 1. The first kappa shape index (κ1) is 20.0. The van der Waals surface area contributed by atoms with Crippen LogP contribution >= 0.6 is 11.3 Å². The molecule has 0 aliphatic carbocycles. The number of amides is 2. The maximum absolute atomic E-state index is 12.4. The van der Waals surface area contributed by atoms with E-state index in [1.165, 1.54) is 4.90 Å². The van der Waals surface area contributed by atoms with E-state index in [-0.39, 0.29) is 18.4 Å². The van der Waals surface area contributed by atoms with Crippen molar-refractivity contribution in [2.45, 2.75) is 19.8 Å². The molecule has 3 heterocycles. The lowest BCUT2D eigenvalue weighted by molar-refractivity contribution is 0.0475. The van der Waals surface area contributed by atoms with Gasteiger partial charge in [0, 0.05) is 30.7 Å². The zero-order valence-electron chi connectivity index (χ0n) is 16.8. The van der Waals surface area contributed by atoms with Gasteiger partial charge in [-0.25, -0.2) is 9.78 Å². The first-order valence-electron chi connectivity index (χ1n) is 9.67. The Bertz CT molecular complexity index is 1100. The molecule has 0 fully saturated rings. The molecule has 1 aromatic carbocycles. The summed E-state index contributed by atoms with van der Waals surface area (Å²) in [6, 6.07) is 8.60. The number of unbranched alkanes of at least 4 members (excludes halogenated alkanes) is 1. The van der Waals surface area contributed by atoms with Gasteiger partial charge in [0.15, 0.2) is 0 Å². The number of carbonyl (C=O) groups excluding carboxylic acids is 3. The van der Waals surface area contributed by atoms with Crippen LogP contribution in [0.2, 0.25) is 0 Å². The molecular weight excluding hydrogens is 402 g/mol. The van der Waals surface area contributed by atoms with E-state index >= 15 is 0 Å². The predicted molar refractivity (Wildman–Crippen MR) is 113 cm³/mol. The third kappa shape index (κ3) is 3.78. The Morgan fingerprint density at radius 2 is 1.83 bits per heavy atom. The third-order valence-corrected chi connectivity index (χ3v) is 5.79. The first-order valence-corrected chi connectivity index (χ1v) is 10.5. The van der Waals surface area contributed by atoms with Crippen molar-refractivity contribution in [3.8, 4) is 11.3 Å². The molecule has 7 nitrogen and oxygen atoms in total. The van der Waals surface area contributed by atoms with Crippen LogP contribution in [0.5, 0.6) is 0 Å². The van der Waals surface area contributed by atoms with Gasteiger partial charge in [-0.1, -0.05) is 12.1 Å². The Kier molecular flexibility index (Phi) is 5.50. The summed E-state index contributed by atoms with van der Waals surface area (Å²) >= 11 is 1.56. The summed E-state index contributed by atoms with van der Waals surface area (Å²) in [7, 11) is 1.79. The summed E-state index contributed by atoms with van der Waals surface area (Å²) < 4.78 is 7.10. The van der Waals surface area contributed by atoms with Gasteiger partial charge in [0.1, 0.15) is 5.69 Å². The highest BCUT2D eigenvalue weighted by Crippen LogP contribution is 2.24. The molecule has 2 aromatic heterocycles. The third-order valence-electron chi connectivity index (χ3n) is 5.02. The number of hydrogen-bond donors (Lipinski definition) is 0. The molecule has 0 atom stereocenters. The highest BCUT2D eigenvalue weighted by molar-refractivity contribution is 7.09. The van der Waals surface area contributed by atoms with Crippen LogP contribution in [0.3, 0.4) is 0 Å². The van der Waals surface area contributed by atoms with Gasteiger partial charge < -0.3 is 9.30 Å². The van der Waals surface area contributed by atoms with E-state index in [0.717, 1.165) is 16.3 Å². The maximum atomic E-state index is 12.4. The van der Waals surface area contributed by atoms with Gasteiger partial charge in [-0.15, -0.1) is 11.3 Å². The van der Waals surface area contributed by atoms with Crippen LogP contribution in [0.15, 0.2) is 41.9 Å². The Morgan fingerprint density at radius 3 is 2.47 bits per heavy atom. The molecule has 154 valence electrons. The van der Waals surface area contributed by atoms with Gasteiger partial charge >= 0.3 is 5.97 Å². The summed E-state index contributed by atoms with van der Waals surface area (Å²) in [6.45, 7) is 2.47. The average Bonchev–Trinajstić information content (AvgIpc) is 3.40. The SMILES string of the molecule is Cc1nc(-c2cc(C(=O)OCCCCN3C(=O)c4ccccc4C3=O)n(C)c2)cs1. The molecule has 1 aliphatic rings. The van der Waals surface area contributed by atoms with Crippen molar-refractivity contribution in [1.29, 1.82) is 0 Å². The average molecular weight is 423 g/mol. The topological polar surface area (TPSA) is 81.5 Å². The highest BCUT2D eigenvalue weighted by atomic mass is 32.1. The van der Waals surface area contributed by atoms with E-state index in [4.69, 9.17) is 4.74 Å². The lowest BCUT2D eigenvalue weighted by Crippen LogP contribution is -2.30. The number of aryl methyl sites for hydroxylation is 2. The normalized spacial score (nSPS) is 13.1. The molecule has 0 saturated carbocycles. The number of imide groups is 1. The number of carbonyl (C=O) groups is 3. The summed E-state index contributed by atoms with van der Waals surface area (Å²) in [5.74, 6) is -0.932. The molecule has 0 spiro atoms. The number of nitrogens with zero attached hydrogens (tertiary/aromatic N) is 3. The van der Waals surface area contributed by atoms with Gasteiger partial charge in [0.05, 0.1) is 28.4 Å². The monoisotopic (exact) mass is 423 g/mol. The van der Waals surface area contributed by atoms with Gasteiger partial charge in [-0.05, 0) is 38.0 Å². The van der Waals surface area contributed by atoms with Crippen LogP contribution < -0.4 is 0 Å². The van der Waals surface area contributed by atoms with Crippen LogP contribution in [-0.2, 0) is 11.8 Å². The van der Waals surface area contributed by atoms with E-state index in [1.807, 2.05) is 18.5 Å². The molecule has 1 aliphatic heterocycles. The molecular formula is C22H21N3O4S. The van der Waals surface area contributed by atoms with E-state index < -0.39 is 5.97 Å². The molecule has 0 radical (unpaired) electrons. The molecule has 0 saturated heterocycles. The van der Waals surface area contributed by atoms with E-state index in [9.17, 15) is 14.4 Å². The van der Waals surface area contributed by atoms with Crippen molar-refractivity contribution < 1.29 is 19.1 Å². The smallest absolute Gasteiger partial charge is 0.354 e. The quantitative estimate of drug-likeness (QED) is 0.329. The van der Waals surface area contributed by atoms with Crippen molar-refractivity contribution in [3.05, 3.63) is 63.7 Å². The van der Waals surface area contributed by atoms with Gasteiger partial charge in [-0.3, -0.25) is 14.5 Å². The van der Waals surface area contributed by atoms with E-state index in [1.54, 1.807) is 53.3 Å². The van der Waals surface area contributed by atoms with E-state index in [0.29, 0.717) is 36.2 Å². The minimum atomic E-state index is -0.406. The minimum Gasteiger partial charge on any atom is -0.461 e. The second-order valence-electron chi connectivity index (χ2n) is 7.13. The van der Waals surface area contributed by atoms with Crippen molar-refractivity contribution in [2.75, 3.05) is 13.2 Å². The number of aromatic nitrogens is 2. The van der Waals surface area contributed by atoms with Crippen molar-refractivity contribution in [2.24, 2.45) is 7.05 Å². The Balaban J connectivity index is 1.27. The second-order valence-corrected chi connectivity index (χ2v) is 8.19. The fraction of sp³-hybridized carbons (Fsp3) is 0.273. The summed E-state index contributed by atoms with van der Waals surface area (Å²) in [6.07, 6.45) is 2.98. The predicted octanol–water partition coefficient (Wildman–Crippen LogP) is 3.69. The largest absolute Gasteiger partial charge is 0.461 e. The summed E-state index contributed by atoms with van der Waals surface area (Å²) in [5.41, 5.74) is 3.07. The number of rotatable bonds is 7. The zero-order chi connectivity index (χ0) is 21.3. The fourth-order valence-corrected chi connectivity index (χ4v) is 4.08. The molecule has 8 heteroatoms. The maximum Gasteiger partial charge on any atom is 0.354 e. The molecule has 2 amide bonds.